The van der Waals surface area contributed by atoms with Gasteiger partial charge in [0.1, 0.15) is 0 Å². The quantitative estimate of drug-likeness (QED) is 0.724. The number of carbonyl (C=O) groups is 2. The summed E-state index contributed by atoms with van der Waals surface area (Å²) >= 11 is 5.94. The van der Waals surface area contributed by atoms with Crippen LogP contribution in [0.1, 0.15) is 30.8 Å². The van der Waals surface area contributed by atoms with Crippen molar-refractivity contribution in [3.63, 3.8) is 0 Å². The third-order valence-electron chi connectivity index (χ3n) is 3.15. The number of nitrogens with one attached hydrogen (secondary N) is 2. The molecule has 8 nitrogen and oxygen atoms in total. The number of sulfone groups is 1. The highest BCUT2D eigenvalue weighted by Crippen LogP contribution is 2.19. The highest BCUT2D eigenvalue weighted by atomic mass is 35.5. The van der Waals surface area contributed by atoms with Crippen LogP contribution in [0.15, 0.2) is 35.6 Å². The predicted octanol–water partition coefficient (Wildman–Crippen LogP) is 2.52. The molecule has 0 aliphatic carbocycles. The maximum Gasteiger partial charge on any atom is 0.275 e. The van der Waals surface area contributed by atoms with Crippen LogP contribution < -0.4 is 10.6 Å². The van der Waals surface area contributed by atoms with Crippen LogP contribution in [0.25, 0.3) is 0 Å². The zero-order valence-corrected chi connectivity index (χ0v) is 15.7. The first-order valence-electron chi connectivity index (χ1n) is 7.67. The third-order valence-corrected chi connectivity index (χ3v) is 5.13. The van der Waals surface area contributed by atoms with Crippen LogP contribution in [0, 0.1) is 0 Å². The van der Waals surface area contributed by atoms with E-state index in [0.717, 1.165) is 6.20 Å². The molecule has 1 aromatic carbocycles. The summed E-state index contributed by atoms with van der Waals surface area (Å²) in [7, 11) is -3.67. The van der Waals surface area contributed by atoms with Gasteiger partial charge < -0.3 is 10.6 Å². The molecule has 1 heterocycles. The van der Waals surface area contributed by atoms with Crippen LogP contribution in [0.2, 0.25) is 5.02 Å². The standard InChI is InChI=1S/C16H17ClN4O4S/c1-3-8-26(24,25)16-18-9-13(17)14(21-16)15(23)20-12-6-4-11(5-7-12)19-10(2)22/h4-7,9H,3,8H2,1-2H3,(H,19,22)(H,20,23). The summed E-state index contributed by atoms with van der Waals surface area (Å²) in [6.45, 7) is 3.10. The van der Waals surface area contributed by atoms with E-state index in [2.05, 4.69) is 20.6 Å². The van der Waals surface area contributed by atoms with E-state index in [1.54, 1.807) is 31.2 Å². The monoisotopic (exact) mass is 396 g/mol. The summed E-state index contributed by atoms with van der Waals surface area (Å²) in [6, 6.07) is 6.37. The highest BCUT2D eigenvalue weighted by Gasteiger charge is 2.21. The lowest BCUT2D eigenvalue weighted by molar-refractivity contribution is -0.114. The predicted molar refractivity (Wildman–Crippen MR) is 98.1 cm³/mol. The Labute approximate surface area is 155 Å². The van der Waals surface area contributed by atoms with Crippen molar-refractivity contribution in [2.24, 2.45) is 0 Å². The van der Waals surface area contributed by atoms with Gasteiger partial charge in [-0.25, -0.2) is 18.4 Å². The van der Waals surface area contributed by atoms with E-state index in [0.29, 0.717) is 17.8 Å². The third kappa shape index (κ3) is 4.99. The molecule has 2 aromatic rings. The molecule has 10 heteroatoms. The Bertz CT molecular complexity index is 930. The average Bonchev–Trinajstić information content (AvgIpc) is 2.56. The Kier molecular flexibility index (Phi) is 6.27. The summed E-state index contributed by atoms with van der Waals surface area (Å²) in [5.74, 6) is -1.01. The van der Waals surface area contributed by atoms with Gasteiger partial charge in [-0.3, -0.25) is 9.59 Å². The number of amides is 2. The van der Waals surface area contributed by atoms with Gasteiger partial charge in [0.15, 0.2) is 5.69 Å². The van der Waals surface area contributed by atoms with Crippen LogP contribution in [0.4, 0.5) is 11.4 Å². The molecule has 2 rings (SSSR count). The Hall–Kier alpha value is -2.52. The second kappa shape index (κ2) is 8.24. The minimum atomic E-state index is -3.67. The molecule has 0 saturated heterocycles. The van der Waals surface area contributed by atoms with Crippen LogP contribution in [0.5, 0.6) is 0 Å². The normalized spacial score (nSPS) is 11.0. The van der Waals surface area contributed by atoms with Crippen LogP contribution in [-0.4, -0.2) is 36.0 Å². The van der Waals surface area contributed by atoms with Gasteiger partial charge >= 0.3 is 0 Å². The molecule has 2 amide bonds. The number of halogens is 1. The fourth-order valence-electron chi connectivity index (χ4n) is 2.05. The molecule has 0 radical (unpaired) electrons. The molecular weight excluding hydrogens is 380 g/mol. The van der Waals surface area contributed by atoms with Gasteiger partial charge in [0.2, 0.25) is 20.9 Å². The fraction of sp³-hybridized carbons (Fsp3) is 0.250. The summed E-state index contributed by atoms with van der Waals surface area (Å²) in [5, 5.41) is 4.67. The molecule has 0 saturated carbocycles. The molecule has 138 valence electrons. The first-order chi connectivity index (χ1) is 12.2. The zero-order chi connectivity index (χ0) is 19.3. The van der Waals surface area contributed by atoms with Crippen molar-refractivity contribution in [1.82, 2.24) is 9.97 Å². The van der Waals surface area contributed by atoms with E-state index in [-0.39, 0.29) is 22.4 Å². The maximum atomic E-state index is 12.4. The minimum absolute atomic E-state index is 0.0622. The van der Waals surface area contributed by atoms with E-state index in [9.17, 15) is 18.0 Å². The van der Waals surface area contributed by atoms with Crippen molar-refractivity contribution >= 4 is 44.6 Å². The topological polar surface area (TPSA) is 118 Å². The molecule has 0 unspecified atom stereocenters. The van der Waals surface area contributed by atoms with E-state index in [4.69, 9.17) is 11.6 Å². The van der Waals surface area contributed by atoms with Gasteiger partial charge in [-0.1, -0.05) is 18.5 Å². The van der Waals surface area contributed by atoms with Crippen LogP contribution >= 0.6 is 11.6 Å². The Morgan fingerprint density at radius 3 is 2.23 bits per heavy atom. The smallest absolute Gasteiger partial charge is 0.275 e. The van der Waals surface area contributed by atoms with Gasteiger partial charge in [0.25, 0.3) is 5.91 Å². The number of aromatic nitrogens is 2. The van der Waals surface area contributed by atoms with Crippen molar-refractivity contribution in [3.05, 3.63) is 41.2 Å². The van der Waals surface area contributed by atoms with Gasteiger partial charge in [-0.2, -0.15) is 0 Å². The summed E-state index contributed by atoms with van der Waals surface area (Å²) in [4.78, 5) is 30.9. The van der Waals surface area contributed by atoms with Crippen molar-refractivity contribution in [3.8, 4) is 0 Å². The molecule has 26 heavy (non-hydrogen) atoms. The molecule has 0 atom stereocenters. The fourth-order valence-corrected chi connectivity index (χ4v) is 3.39. The molecule has 0 bridgehead atoms. The molecule has 0 aliphatic heterocycles. The summed E-state index contributed by atoms with van der Waals surface area (Å²) in [5.41, 5.74) is 0.766. The van der Waals surface area contributed by atoms with Crippen molar-refractivity contribution in [1.29, 1.82) is 0 Å². The molecule has 0 aliphatic rings. The van der Waals surface area contributed by atoms with E-state index in [1.165, 1.54) is 6.92 Å². The van der Waals surface area contributed by atoms with Crippen molar-refractivity contribution in [2.75, 3.05) is 16.4 Å². The number of anilines is 2. The largest absolute Gasteiger partial charge is 0.326 e. The van der Waals surface area contributed by atoms with Crippen molar-refractivity contribution in [2.45, 2.75) is 25.4 Å². The number of hydrogen-bond donors (Lipinski definition) is 2. The molecular formula is C16H17ClN4O4S. The number of benzene rings is 1. The van der Waals surface area contributed by atoms with E-state index in [1.807, 2.05) is 0 Å². The first-order valence-corrected chi connectivity index (χ1v) is 9.70. The number of hydrogen-bond acceptors (Lipinski definition) is 6. The summed E-state index contributed by atoms with van der Waals surface area (Å²) < 4.78 is 24.1. The average molecular weight is 397 g/mol. The number of rotatable bonds is 6. The lowest BCUT2D eigenvalue weighted by Gasteiger charge is -2.09. The SMILES string of the molecule is CCCS(=O)(=O)c1ncc(Cl)c(C(=O)Nc2ccc(NC(C)=O)cc2)n1. The lowest BCUT2D eigenvalue weighted by Crippen LogP contribution is -2.18. The minimum Gasteiger partial charge on any atom is -0.326 e. The maximum absolute atomic E-state index is 12.4. The summed E-state index contributed by atoms with van der Waals surface area (Å²) in [6.07, 6.45) is 1.49. The van der Waals surface area contributed by atoms with Gasteiger partial charge in [0.05, 0.1) is 17.0 Å². The van der Waals surface area contributed by atoms with E-state index >= 15 is 0 Å². The second-order valence-electron chi connectivity index (χ2n) is 5.38. The molecule has 0 fully saturated rings. The van der Waals surface area contributed by atoms with E-state index < -0.39 is 20.9 Å². The highest BCUT2D eigenvalue weighted by molar-refractivity contribution is 7.91. The van der Waals surface area contributed by atoms with Crippen molar-refractivity contribution < 1.29 is 18.0 Å². The van der Waals surface area contributed by atoms with Gasteiger partial charge in [-0.05, 0) is 30.7 Å². The molecule has 0 spiro atoms. The van der Waals surface area contributed by atoms with Gasteiger partial charge in [-0.15, -0.1) is 0 Å². The molecule has 1 aromatic heterocycles. The second-order valence-corrected chi connectivity index (χ2v) is 7.79. The first kappa shape index (κ1) is 19.8. The number of carbonyl (C=O) groups excluding carboxylic acids is 2. The number of nitrogens with zero attached hydrogens (tertiary/aromatic N) is 2. The van der Waals surface area contributed by atoms with Crippen LogP contribution in [-0.2, 0) is 14.6 Å². The van der Waals surface area contributed by atoms with Crippen LogP contribution in [0.3, 0.4) is 0 Å². The van der Waals surface area contributed by atoms with Gasteiger partial charge in [0, 0.05) is 18.3 Å². The Morgan fingerprint density at radius 2 is 1.69 bits per heavy atom. The molecule has 2 N–H and O–H groups in total. The lowest BCUT2D eigenvalue weighted by atomic mass is 10.2. The Morgan fingerprint density at radius 1 is 1.12 bits per heavy atom. The Balaban J connectivity index is 2.22. The zero-order valence-electron chi connectivity index (χ0n) is 14.1.